The lowest BCUT2D eigenvalue weighted by molar-refractivity contribution is -0.870. The van der Waals surface area contributed by atoms with Crippen molar-refractivity contribution in [2.24, 2.45) is 4.99 Å². The van der Waals surface area contributed by atoms with Gasteiger partial charge in [-0.2, -0.15) is 0 Å². The molecule has 27 heavy (non-hydrogen) atoms. The summed E-state index contributed by atoms with van der Waals surface area (Å²) in [6.07, 6.45) is 4.59. The van der Waals surface area contributed by atoms with Crippen LogP contribution in [0.1, 0.15) is 11.3 Å². The Morgan fingerprint density at radius 3 is 2.63 bits per heavy atom. The van der Waals surface area contributed by atoms with Crippen LogP contribution in [-0.2, 0) is 0 Å². The molecule has 2 N–H and O–H groups in total. The molecule has 0 spiro atoms. The summed E-state index contributed by atoms with van der Waals surface area (Å²) in [5, 5.41) is 22.4. The highest BCUT2D eigenvalue weighted by molar-refractivity contribution is 6.20. The average Bonchev–Trinajstić information content (AvgIpc) is 2.91. The third-order valence-electron chi connectivity index (χ3n) is 4.45. The van der Waals surface area contributed by atoms with E-state index >= 15 is 0 Å². The number of allylic oxidation sites excluding steroid dienone is 3. The number of nitrogens with zero attached hydrogens (tertiary/aromatic N) is 4. The molecule has 0 amide bonds. The lowest BCUT2D eigenvalue weighted by Gasteiger charge is -2.23. The third-order valence-corrected chi connectivity index (χ3v) is 4.45. The summed E-state index contributed by atoms with van der Waals surface area (Å²) in [5.74, 6) is 0.398. The lowest BCUT2D eigenvalue weighted by Crippen LogP contribution is -2.38. The monoisotopic (exact) mass is 368 g/mol. The van der Waals surface area contributed by atoms with Gasteiger partial charge in [0.1, 0.15) is 24.6 Å². The van der Waals surface area contributed by atoms with Crippen molar-refractivity contribution in [3.8, 4) is 5.88 Å². The Hall–Kier alpha value is -2.93. The fraction of sp³-hybridized carbons (Fsp3) is 0.350. The van der Waals surface area contributed by atoms with Gasteiger partial charge in [-0.1, -0.05) is 6.07 Å². The van der Waals surface area contributed by atoms with Crippen LogP contribution >= 0.6 is 0 Å². The highest BCUT2D eigenvalue weighted by atomic mass is 16.5. The molecule has 0 saturated carbocycles. The van der Waals surface area contributed by atoms with E-state index in [1.807, 2.05) is 30.5 Å². The molecule has 7 nitrogen and oxygen atoms in total. The van der Waals surface area contributed by atoms with E-state index in [1.54, 1.807) is 12.2 Å². The molecule has 2 aromatic rings. The van der Waals surface area contributed by atoms with E-state index in [2.05, 4.69) is 31.2 Å². The van der Waals surface area contributed by atoms with Crippen molar-refractivity contribution in [3.63, 3.8) is 0 Å². The van der Waals surface area contributed by atoms with E-state index < -0.39 is 0 Å². The van der Waals surface area contributed by atoms with Gasteiger partial charge in [0.15, 0.2) is 5.69 Å². The number of aliphatic hydroxyl groups excluding tert-OH is 1. The Morgan fingerprint density at radius 2 is 1.96 bits per heavy atom. The van der Waals surface area contributed by atoms with Crippen LogP contribution in [0.25, 0.3) is 5.52 Å². The lowest BCUT2D eigenvalue weighted by atomic mass is 10.1. The molecule has 2 heterocycles. The Labute approximate surface area is 159 Å². The molecule has 7 heteroatoms. The fourth-order valence-electron chi connectivity index (χ4n) is 2.66. The largest absolute Gasteiger partial charge is 0.506 e. The van der Waals surface area contributed by atoms with Gasteiger partial charge in [0.25, 0.3) is 5.88 Å². The number of quaternary nitrogens is 1. The number of ether oxygens (including phenoxy) is 1. The number of hydrogen-bond donors (Lipinski definition) is 2. The van der Waals surface area contributed by atoms with Gasteiger partial charge in [0.05, 0.1) is 32.4 Å². The quantitative estimate of drug-likeness (QED) is 0.628. The number of aliphatic imine (C=N–C) groups is 1. The summed E-state index contributed by atoms with van der Waals surface area (Å²) in [4.78, 5) is 4.61. The molecular formula is C20H26N5O2+. The van der Waals surface area contributed by atoms with E-state index in [0.29, 0.717) is 23.9 Å². The fourth-order valence-corrected chi connectivity index (χ4v) is 2.66. The van der Waals surface area contributed by atoms with Gasteiger partial charge >= 0.3 is 0 Å². The van der Waals surface area contributed by atoms with Crippen molar-refractivity contribution in [1.29, 1.82) is 5.41 Å². The number of nitrogens with one attached hydrogen (secondary N) is 1. The topological polar surface area (TPSA) is 83.0 Å². The van der Waals surface area contributed by atoms with Crippen LogP contribution < -0.4 is 4.74 Å². The zero-order valence-corrected chi connectivity index (χ0v) is 16.4. The van der Waals surface area contributed by atoms with Crippen LogP contribution in [0.3, 0.4) is 0 Å². The summed E-state index contributed by atoms with van der Waals surface area (Å²) in [5.41, 5.74) is 4.14. The first-order valence-electron chi connectivity index (χ1n) is 8.84. The molecule has 142 valence electrons. The number of aryl methyl sites for hydroxylation is 2. The first-order chi connectivity index (χ1) is 12.7. The van der Waals surface area contributed by atoms with E-state index in [9.17, 15) is 5.11 Å². The number of aliphatic hydroxyl groups is 1. The van der Waals surface area contributed by atoms with E-state index in [0.717, 1.165) is 27.8 Å². The Morgan fingerprint density at radius 1 is 1.22 bits per heavy atom. The van der Waals surface area contributed by atoms with Gasteiger partial charge in [-0.25, -0.2) is 9.51 Å². The normalized spacial score (nSPS) is 16.3. The number of fused-ring (bicyclic) bond motifs is 1. The van der Waals surface area contributed by atoms with Gasteiger partial charge < -0.3 is 19.7 Å². The summed E-state index contributed by atoms with van der Waals surface area (Å²) in [6.45, 7) is 5.36. The van der Waals surface area contributed by atoms with E-state index in [4.69, 9.17) is 10.1 Å². The molecule has 0 aromatic carbocycles. The minimum atomic E-state index is -0.0389. The van der Waals surface area contributed by atoms with E-state index in [-0.39, 0.29) is 11.5 Å². The van der Waals surface area contributed by atoms with Crippen LogP contribution in [0.2, 0.25) is 0 Å². The predicted molar refractivity (Wildman–Crippen MR) is 108 cm³/mol. The van der Waals surface area contributed by atoms with Crippen LogP contribution in [0, 0.1) is 19.3 Å². The smallest absolute Gasteiger partial charge is 0.260 e. The van der Waals surface area contributed by atoms with Crippen molar-refractivity contribution in [3.05, 3.63) is 47.4 Å². The van der Waals surface area contributed by atoms with E-state index in [1.165, 1.54) is 6.08 Å². The predicted octanol–water partition coefficient (Wildman–Crippen LogP) is 3.14. The molecule has 1 aliphatic rings. The summed E-state index contributed by atoms with van der Waals surface area (Å²) >= 11 is 0. The molecular weight excluding hydrogens is 342 g/mol. The van der Waals surface area contributed by atoms with Gasteiger partial charge in [0, 0.05) is 11.8 Å². The third kappa shape index (κ3) is 4.09. The number of aromatic nitrogens is 2. The average molecular weight is 368 g/mol. The van der Waals surface area contributed by atoms with Gasteiger partial charge in [0.2, 0.25) is 0 Å². The molecule has 0 fully saturated rings. The Kier molecular flexibility index (Phi) is 4.89. The van der Waals surface area contributed by atoms with Gasteiger partial charge in [-0.15, -0.1) is 5.10 Å². The van der Waals surface area contributed by atoms with Gasteiger partial charge in [-0.05, 0) is 37.6 Å². The molecule has 3 rings (SSSR count). The van der Waals surface area contributed by atoms with Crippen molar-refractivity contribution >= 4 is 22.6 Å². The Balaban J connectivity index is 2.07. The highest BCUT2D eigenvalue weighted by Crippen LogP contribution is 2.34. The first-order valence-corrected chi connectivity index (χ1v) is 8.84. The maximum absolute atomic E-state index is 10.2. The standard InChI is InChI=1S/C20H25N5O2/c1-13-6-9-17-19(22-16-8-7-15(21)12-18(16)26)20(23-24(17)14(13)2)27-11-10-25(3,4)5/h6-9,12H,10-11H2,1-5H3,(H-,21,26)/p+1/b22-16+. The molecule has 0 radical (unpaired) electrons. The van der Waals surface area contributed by atoms with Crippen molar-refractivity contribution < 1.29 is 14.3 Å². The molecule has 0 atom stereocenters. The van der Waals surface area contributed by atoms with Crippen molar-refractivity contribution in [2.45, 2.75) is 13.8 Å². The maximum Gasteiger partial charge on any atom is 0.260 e. The highest BCUT2D eigenvalue weighted by Gasteiger charge is 2.19. The van der Waals surface area contributed by atoms with Crippen LogP contribution in [0.5, 0.6) is 5.88 Å². The zero-order valence-electron chi connectivity index (χ0n) is 16.4. The number of pyridine rings is 1. The molecule has 2 aromatic heterocycles. The van der Waals surface area contributed by atoms with Crippen LogP contribution in [-0.4, -0.2) is 64.9 Å². The SMILES string of the molecule is Cc1ccc2c(/N=C3\C=CC(=N)C=C3O)c(OCC[N+](C)(C)C)nn2c1C. The van der Waals surface area contributed by atoms with Gasteiger partial charge in [-0.3, -0.25) is 0 Å². The molecule has 0 saturated heterocycles. The number of hydrogen-bond acceptors (Lipinski definition) is 5. The molecule has 0 bridgehead atoms. The van der Waals surface area contributed by atoms with Crippen molar-refractivity contribution in [2.75, 3.05) is 34.3 Å². The summed E-state index contributed by atoms with van der Waals surface area (Å²) < 4.78 is 8.58. The molecule has 0 aliphatic heterocycles. The van der Waals surface area contributed by atoms with Crippen LogP contribution in [0.15, 0.2) is 41.1 Å². The first kappa shape index (κ1) is 18.8. The number of likely N-dealkylation sites (N-methyl/N-ethyl adjacent to an activating group) is 1. The zero-order chi connectivity index (χ0) is 19.8. The van der Waals surface area contributed by atoms with Crippen molar-refractivity contribution in [1.82, 2.24) is 9.61 Å². The Bertz CT molecular complexity index is 990. The second-order valence-electron chi connectivity index (χ2n) is 7.73. The minimum Gasteiger partial charge on any atom is -0.506 e. The second-order valence-corrected chi connectivity index (χ2v) is 7.73. The molecule has 1 aliphatic carbocycles. The molecule has 0 unspecified atom stereocenters. The minimum absolute atomic E-state index is 0.0389. The number of rotatable bonds is 5. The summed E-state index contributed by atoms with van der Waals surface area (Å²) in [6, 6.07) is 3.98. The van der Waals surface area contributed by atoms with Crippen LogP contribution in [0.4, 0.5) is 5.69 Å². The summed E-state index contributed by atoms with van der Waals surface area (Å²) in [7, 11) is 6.31. The maximum atomic E-state index is 10.2. The second kappa shape index (κ2) is 7.00.